The van der Waals surface area contributed by atoms with Crippen molar-refractivity contribution in [3.8, 4) is 11.5 Å². The second kappa shape index (κ2) is 14.0. The Hall–Kier alpha value is -2.12. The van der Waals surface area contributed by atoms with Gasteiger partial charge in [0.25, 0.3) is 0 Å². The zero-order valence-electron chi connectivity index (χ0n) is 18.7. The van der Waals surface area contributed by atoms with E-state index in [1.54, 1.807) is 26.4 Å². The minimum Gasteiger partial charge on any atom is -0.493 e. The lowest BCUT2D eigenvalue weighted by molar-refractivity contribution is -0.00164. The number of halogens is 1. The minimum atomic E-state index is -0.717. The highest BCUT2D eigenvalue weighted by Gasteiger charge is 2.23. The first-order valence-corrected chi connectivity index (χ1v) is 10.3. The molecule has 6 nitrogen and oxygen atoms in total. The van der Waals surface area contributed by atoms with Crippen LogP contribution in [0.1, 0.15) is 34.8 Å². The SMILES string of the molecule is CCCNCC(O)COC(Cc1cc(C)c(OC)c(OC)c1)C(=O)c1ccccc1.Cl. The Balaban J connectivity index is 0.00000480. The van der Waals surface area contributed by atoms with E-state index in [1.807, 2.05) is 37.3 Å². The molecule has 0 fully saturated rings. The molecule has 2 N–H and O–H groups in total. The average Bonchev–Trinajstić information content (AvgIpc) is 2.76. The third-order valence-corrected chi connectivity index (χ3v) is 4.79. The molecule has 0 aliphatic rings. The van der Waals surface area contributed by atoms with Gasteiger partial charge in [-0.05, 0) is 37.1 Å². The largest absolute Gasteiger partial charge is 0.493 e. The quantitative estimate of drug-likeness (QED) is 0.358. The first-order valence-electron chi connectivity index (χ1n) is 10.3. The molecule has 0 amide bonds. The van der Waals surface area contributed by atoms with Crippen LogP contribution in [0.15, 0.2) is 42.5 Å². The fourth-order valence-electron chi connectivity index (χ4n) is 3.31. The number of carbonyl (C=O) groups excluding carboxylic acids is 1. The fraction of sp³-hybridized carbons (Fsp3) is 0.458. The Morgan fingerprint density at radius 1 is 1.13 bits per heavy atom. The van der Waals surface area contributed by atoms with Gasteiger partial charge < -0.3 is 24.6 Å². The van der Waals surface area contributed by atoms with E-state index in [9.17, 15) is 9.90 Å². The molecule has 0 heterocycles. The van der Waals surface area contributed by atoms with Crippen LogP contribution in [-0.4, -0.2) is 57.0 Å². The van der Waals surface area contributed by atoms with E-state index in [0.717, 1.165) is 24.1 Å². The highest BCUT2D eigenvalue weighted by Crippen LogP contribution is 2.32. The highest BCUT2D eigenvalue weighted by atomic mass is 35.5. The monoisotopic (exact) mass is 451 g/mol. The van der Waals surface area contributed by atoms with Gasteiger partial charge in [0.05, 0.1) is 26.9 Å². The normalized spacial score (nSPS) is 12.5. The van der Waals surface area contributed by atoms with E-state index >= 15 is 0 Å². The number of hydrogen-bond acceptors (Lipinski definition) is 6. The Bertz CT molecular complexity index is 800. The van der Waals surface area contributed by atoms with Gasteiger partial charge in [-0.3, -0.25) is 4.79 Å². The summed E-state index contributed by atoms with van der Waals surface area (Å²) in [6, 6.07) is 12.9. The van der Waals surface area contributed by atoms with Crippen LogP contribution in [-0.2, 0) is 11.2 Å². The summed E-state index contributed by atoms with van der Waals surface area (Å²) in [5, 5.41) is 13.4. The molecular weight excluding hydrogens is 418 g/mol. The van der Waals surface area contributed by atoms with Gasteiger partial charge in [0, 0.05) is 18.5 Å². The molecule has 0 radical (unpaired) electrons. The predicted octanol–water partition coefficient (Wildman–Crippen LogP) is 3.61. The van der Waals surface area contributed by atoms with Crippen LogP contribution < -0.4 is 14.8 Å². The van der Waals surface area contributed by atoms with Crippen molar-refractivity contribution in [2.24, 2.45) is 0 Å². The summed E-state index contributed by atoms with van der Waals surface area (Å²) in [7, 11) is 3.19. The predicted molar refractivity (Wildman–Crippen MR) is 125 cm³/mol. The third kappa shape index (κ3) is 8.15. The molecule has 0 aliphatic heterocycles. The average molecular weight is 452 g/mol. The molecule has 7 heteroatoms. The van der Waals surface area contributed by atoms with Gasteiger partial charge >= 0.3 is 0 Å². The summed E-state index contributed by atoms with van der Waals surface area (Å²) in [5.74, 6) is 1.17. The Morgan fingerprint density at radius 3 is 2.45 bits per heavy atom. The van der Waals surface area contributed by atoms with Crippen LogP contribution >= 0.6 is 12.4 Å². The van der Waals surface area contributed by atoms with Gasteiger partial charge in [0.2, 0.25) is 0 Å². The molecule has 2 aromatic carbocycles. The lowest BCUT2D eigenvalue weighted by atomic mass is 9.98. The number of nitrogens with one attached hydrogen (secondary N) is 1. The van der Waals surface area contributed by atoms with E-state index in [2.05, 4.69) is 12.2 Å². The van der Waals surface area contributed by atoms with E-state index < -0.39 is 12.2 Å². The summed E-state index contributed by atoms with van der Waals surface area (Å²) in [5.41, 5.74) is 2.40. The zero-order valence-corrected chi connectivity index (χ0v) is 19.5. The maximum Gasteiger partial charge on any atom is 0.191 e. The molecule has 0 saturated carbocycles. The number of aliphatic hydroxyl groups is 1. The van der Waals surface area contributed by atoms with Gasteiger partial charge in [-0.2, -0.15) is 0 Å². The fourth-order valence-corrected chi connectivity index (χ4v) is 3.31. The molecule has 0 aliphatic carbocycles. The Kier molecular flexibility index (Phi) is 12.2. The Labute approximate surface area is 191 Å². The van der Waals surface area contributed by atoms with Gasteiger partial charge in [0.1, 0.15) is 6.10 Å². The third-order valence-electron chi connectivity index (χ3n) is 4.79. The maximum atomic E-state index is 13.1. The Morgan fingerprint density at radius 2 is 1.84 bits per heavy atom. The van der Waals surface area contributed by atoms with E-state index in [0.29, 0.717) is 30.0 Å². The second-order valence-electron chi connectivity index (χ2n) is 7.26. The van der Waals surface area contributed by atoms with Gasteiger partial charge in [-0.25, -0.2) is 0 Å². The maximum absolute atomic E-state index is 13.1. The van der Waals surface area contributed by atoms with Crippen molar-refractivity contribution in [1.29, 1.82) is 0 Å². The van der Waals surface area contributed by atoms with Crippen LogP contribution in [0.4, 0.5) is 0 Å². The van der Waals surface area contributed by atoms with Crippen molar-refractivity contribution >= 4 is 18.2 Å². The molecule has 172 valence electrons. The second-order valence-corrected chi connectivity index (χ2v) is 7.26. The summed E-state index contributed by atoms with van der Waals surface area (Å²) < 4.78 is 16.8. The molecule has 2 aromatic rings. The van der Waals surface area contributed by atoms with Gasteiger partial charge in [-0.1, -0.05) is 43.3 Å². The number of carbonyl (C=O) groups is 1. The number of aryl methyl sites for hydroxylation is 1. The van der Waals surface area contributed by atoms with Crippen LogP contribution in [0.5, 0.6) is 11.5 Å². The van der Waals surface area contributed by atoms with Crippen LogP contribution in [0.2, 0.25) is 0 Å². The van der Waals surface area contributed by atoms with Crippen molar-refractivity contribution in [2.45, 2.75) is 38.9 Å². The number of ketones is 1. The van der Waals surface area contributed by atoms with Crippen molar-refractivity contribution in [1.82, 2.24) is 5.32 Å². The van der Waals surface area contributed by atoms with Crippen molar-refractivity contribution < 1.29 is 24.1 Å². The summed E-state index contributed by atoms with van der Waals surface area (Å²) in [6.07, 6.45) is -0.0498. The summed E-state index contributed by atoms with van der Waals surface area (Å²) in [6.45, 7) is 5.33. The standard InChI is InChI=1S/C24H33NO5.ClH/c1-5-11-25-15-20(26)16-30-21(23(27)19-9-7-6-8-10-19)13-18-12-17(2)24(29-4)22(14-18)28-3;/h6-10,12,14,20-21,25-26H,5,11,13,15-16H2,1-4H3;1H. The lowest BCUT2D eigenvalue weighted by Gasteiger charge is -2.21. The molecule has 2 atom stereocenters. The zero-order chi connectivity index (χ0) is 21.9. The first-order chi connectivity index (χ1) is 14.5. The van der Waals surface area contributed by atoms with E-state index in [4.69, 9.17) is 14.2 Å². The van der Waals surface area contributed by atoms with E-state index in [-0.39, 0.29) is 24.8 Å². The molecule has 0 saturated heterocycles. The molecule has 2 rings (SSSR count). The first kappa shape index (κ1) is 26.9. The molecule has 0 bridgehead atoms. The van der Waals surface area contributed by atoms with Gasteiger partial charge in [0.15, 0.2) is 17.3 Å². The molecule has 31 heavy (non-hydrogen) atoms. The van der Waals surface area contributed by atoms with Crippen molar-refractivity contribution in [3.63, 3.8) is 0 Å². The number of hydrogen-bond donors (Lipinski definition) is 2. The topological polar surface area (TPSA) is 77.0 Å². The van der Waals surface area contributed by atoms with Crippen LogP contribution in [0, 0.1) is 6.92 Å². The number of Topliss-reactive ketones (excluding diaryl/α,β-unsaturated/α-hetero) is 1. The van der Waals surface area contributed by atoms with Crippen molar-refractivity contribution in [3.05, 3.63) is 59.2 Å². The number of aliphatic hydroxyl groups excluding tert-OH is 1. The minimum absolute atomic E-state index is 0. The highest BCUT2D eigenvalue weighted by molar-refractivity contribution is 5.99. The lowest BCUT2D eigenvalue weighted by Crippen LogP contribution is -2.35. The summed E-state index contributed by atoms with van der Waals surface area (Å²) >= 11 is 0. The number of benzene rings is 2. The molecule has 0 aromatic heterocycles. The van der Waals surface area contributed by atoms with Gasteiger partial charge in [-0.15, -0.1) is 12.4 Å². The number of rotatable bonds is 13. The molecule has 0 spiro atoms. The number of ether oxygens (including phenoxy) is 3. The van der Waals surface area contributed by atoms with E-state index in [1.165, 1.54) is 0 Å². The van der Waals surface area contributed by atoms with Crippen LogP contribution in [0.3, 0.4) is 0 Å². The van der Waals surface area contributed by atoms with Crippen LogP contribution in [0.25, 0.3) is 0 Å². The number of methoxy groups -OCH3 is 2. The molecule has 2 unspecified atom stereocenters. The van der Waals surface area contributed by atoms with Crippen molar-refractivity contribution in [2.75, 3.05) is 33.9 Å². The summed E-state index contributed by atoms with van der Waals surface area (Å²) in [4.78, 5) is 13.1. The smallest absolute Gasteiger partial charge is 0.191 e. The molecular formula is C24H34ClNO5.